The molecule has 8 heteroatoms. The van der Waals surface area contributed by atoms with Crippen LogP contribution >= 0.6 is 0 Å². The van der Waals surface area contributed by atoms with Gasteiger partial charge in [0, 0.05) is 24.5 Å². The van der Waals surface area contributed by atoms with E-state index in [1.807, 2.05) is 23.7 Å². The van der Waals surface area contributed by atoms with Gasteiger partial charge in [0.25, 0.3) is 5.91 Å². The molecular weight excluding hydrogens is 294 g/mol. The van der Waals surface area contributed by atoms with Crippen molar-refractivity contribution in [1.82, 2.24) is 34.8 Å². The van der Waals surface area contributed by atoms with Gasteiger partial charge < -0.3 is 4.90 Å². The number of nitrogens with one attached hydrogen (secondary N) is 1. The highest BCUT2D eigenvalue weighted by atomic mass is 16.2. The molecule has 1 N–H and O–H groups in total. The first kappa shape index (κ1) is 13.6. The quantitative estimate of drug-likeness (QED) is 0.763. The Morgan fingerprint density at radius 3 is 3.09 bits per heavy atom. The predicted molar refractivity (Wildman–Crippen MR) is 81.3 cm³/mol. The largest absolute Gasteiger partial charge is 0.328 e. The van der Waals surface area contributed by atoms with Crippen molar-refractivity contribution in [3.63, 3.8) is 0 Å². The van der Waals surface area contributed by atoms with Crippen LogP contribution in [0.3, 0.4) is 0 Å². The molecule has 116 valence electrons. The van der Waals surface area contributed by atoms with Gasteiger partial charge in [-0.1, -0.05) is 0 Å². The standard InChI is InChI=1S/C15H15N7O/c1-10-17-14-9-21(5-6-22(14)20-10)15(23)13-7-12(18-19-13)11-3-2-4-16-8-11/h2-4,7-8H,5-6,9H2,1H3,(H,18,19). The maximum Gasteiger partial charge on any atom is 0.272 e. The third-order valence-electron chi connectivity index (χ3n) is 3.82. The number of H-pyrrole nitrogens is 1. The molecule has 4 heterocycles. The maximum atomic E-state index is 12.6. The summed E-state index contributed by atoms with van der Waals surface area (Å²) < 4.78 is 1.85. The van der Waals surface area contributed by atoms with Crippen LogP contribution in [0.15, 0.2) is 30.6 Å². The minimum atomic E-state index is -0.0838. The Labute approximate surface area is 132 Å². The number of aromatic amines is 1. The summed E-state index contributed by atoms with van der Waals surface area (Å²) in [6.07, 6.45) is 3.42. The van der Waals surface area contributed by atoms with Gasteiger partial charge >= 0.3 is 0 Å². The smallest absolute Gasteiger partial charge is 0.272 e. The third kappa shape index (κ3) is 2.48. The molecule has 4 rings (SSSR count). The summed E-state index contributed by atoms with van der Waals surface area (Å²) in [6.45, 7) is 3.58. The number of fused-ring (bicyclic) bond motifs is 1. The maximum absolute atomic E-state index is 12.6. The van der Waals surface area contributed by atoms with Gasteiger partial charge in [-0.3, -0.25) is 14.9 Å². The van der Waals surface area contributed by atoms with Crippen molar-refractivity contribution in [2.24, 2.45) is 0 Å². The second-order valence-corrected chi connectivity index (χ2v) is 5.43. The first-order valence-corrected chi connectivity index (χ1v) is 7.36. The lowest BCUT2D eigenvalue weighted by Gasteiger charge is -2.26. The van der Waals surface area contributed by atoms with Crippen molar-refractivity contribution in [2.45, 2.75) is 20.0 Å². The molecule has 3 aromatic rings. The predicted octanol–water partition coefficient (Wildman–Crippen LogP) is 1.03. The van der Waals surface area contributed by atoms with Crippen LogP contribution in [0.2, 0.25) is 0 Å². The van der Waals surface area contributed by atoms with E-state index in [4.69, 9.17) is 0 Å². The van der Waals surface area contributed by atoms with E-state index in [9.17, 15) is 4.79 Å². The molecule has 3 aromatic heterocycles. The Morgan fingerprint density at radius 2 is 2.26 bits per heavy atom. The van der Waals surface area contributed by atoms with Gasteiger partial charge in [0.15, 0.2) is 0 Å². The molecule has 1 amide bonds. The van der Waals surface area contributed by atoms with E-state index in [2.05, 4.69) is 25.3 Å². The minimum Gasteiger partial charge on any atom is -0.328 e. The Bertz CT molecular complexity index is 852. The SMILES string of the molecule is Cc1nc2n(n1)CCN(C(=O)c1cc(-c3cccnc3)n[nH]1)C2. The lowest BCUT2D eigenvalue weighted by Crippen LogP contribution is -2.38. The molecule has 0 aromatic carbocycles. The van der Waals surface area contributed by atoms with Crippen molar-refractivity contribution in [2.75, 3.05) is 6.54 Å². The van der Waals surface area contributed by atoms with E-state index in [1.54, 1.807) is 23.4 Å². The van der Waals surface area contributed by atoms with E-state index >= 15 is 0 Å². The molecule has 0 atom stereocenters. The van der Waals surface area contributed by atoms with Crippen LogP contribution in [0.1, 0.15) is 22.1 Å². The second kappa shape index (κ2) is 5.31. The van der Waals surface area contributed by atoms with Crippen molar-refractivity contribution >= 4 is 5.91 Å². The molecule has 0 spiro atoms. The first-order chi connectivity index (χ1) is 11.2. The molecule has 0 fully saturated rings. The number of rotatable bonds is 2. The Morgan fingerprint density at radius 1 is 1.35 bits per heavy atom. The molecule has 1 aliphatic rings. The van der Waals surface area contributed by atoms with Crippen LogP contribution in [0.25, 0.3) is 11.3 Å². The Kier molecular flexibility index (Phi) is 3.14. The molecule has 23 heavy (non-hydrogen) atoms. The van der Waals surface area contributed by atoms with Crippen molar-refractivity contribution in [3.05, 3.63) is 47.9 Å². The number of hydrogen-bond donors (Lipinski definition) is 1. The minimum absolute atomic E-state index is 0.0838. The second-order valence-electron chi connectivity index (χ2n) is 5.43. The molecule has 0 bridgehead atoms. The highest BCUT2D eigenvalue weighted by Gasteiger charge is 2.25. The average Bonchev–Trinajstić information content (AvgIpc) is 3.20. The normalized spacial score (nSPS) is 13.9. The van der Waals surface area contributed by atoms with Gasteiger partial charge in [0.2, 0.25) is 0 Å². The number of aromatic nitrogens is 6. The van der Waals surface area contributed by atoms with Crippen molar-refractivity contribution in [3.8, 4) is 11.3 Å². The zero-order valence-corrected chi connectivity index (χ0v) is 12.6. The topological polar surface area (TPSA) is 92.6 Å². The monoisotopic (exact) mass is 309 g/mol. The van der Waals surface area contributed by atoms with Crippen molar-refractivity contribution in [1.29, 1.82) is 0 Å². The van der Waals surface area contributed by atoms with E-state index < -0.39 is 0 Å². The van der Waals surface area contributed by atoms with E-state index in [-0.39, 0.29) is 5.91 Å². The Hall–Kier alpha value is -3.03. The fourth-order valence-corrected chi connectivity index (χ4v) is 2.70. The van der Waals surface area contributed by atoms with Crippen LogP contribution < -0.4 is 0 Å². The van der Waals surface area contributed by atoms with Crippen molar-refractivity contribution < 1.29 is 4.79 Å². The van der Waals surface area contributed by atoms with Crippen LogP contribution in [0.4, 0.5) is 0 Å². The van der Waals surface area contributed by atoms with E-state index in [0.717, 1.165) is 17.2 Å². The lowest BCUT2D eigenvalue weighted by molar-refractivity contribution is 0.0696. The van der Waals surface area contributed by atoms with Crippen LogP contribution in [0, 0.1) is 6.92 Å². The summed E-state index contributed by atoms with van der Waals surface area (Å²) in [6, 6.07) is 5.50. The molecule has 0 saturated carbocycles. The third-order valence-corrected chi connectivity index (χ3v) is 3.82. The number of pyridine rings is 1. The number of nitrogens with zero attached hydrogens (tertiary/aromatic N) is 6. The molecule has 0 aliphatic carbocycles. The summed E-state index contributed by atoms with van der Waals surface area (Å²) in [5.74, 6) is 1.46. The number of aryl methyl sites for hydroxylation is 1. The van der Waals surface area contributed by atoms with E-state index in [1.165, 1.54) is 0 Å². The molecular formula is C15H15N7O. The number of hydrogen-bond acceptors (Lipinski definition) is 5. The molecule has 0 saturated heterocycles. The molecule has 1 aliphatic heterocycles. The van der Waals surface area contributed by atoms with Crippen LogP contribution in [-0.2, 0) is 13.1 Å². The first-order valence-electron chi connectivity index (χ1n) is 7.36. The fraction of sp³-hybridized carbons (Fsp3) is 0.267. The summed E-state index contributed by atoms with van der Waals surface area (Å²) in [5, 5.41) is 11.3. The molecule has 0 radical (unpaired) electrons. The van der Waals surface area contributed by atoms with Gasteiger partial charge in [-0.2, -0.15) is 10.2 Å². The summed E-state index contributed by atoms with van der Waals surface area (Å²) in [4.78, 5) is 22.8. The zero-order valence-electron chi connectivity index (χ0n) is 12.6. The Balaban J connectivity index is 1.55. The van der Waals surface area contributed by atoms with Gasteiger partial charge in [-0.05, 0) is 25.1 Å². The summed E-state index contributed by atoms with van der Waals surface area (Å²) >= 11 is 0. The number of carbonyl (C=O) groups excluding carboxylic acids is 1. The van der Waals surface area contributed by atoms with Crippen LogP contribution in [0.5, 0.6) is 0 Å². The lowest BCUT2D eigenvalue weighted by atomic mass is 10.2. The van der Waals surface area contributed by atoms with Gasteiger partial charge in [0.1, 0.15) is 17.3 Å². The fourth-order valence-electron chi connectivity index (χ4n) is 2.70. The summed E-state index contributed by atoms with van der Waals surface area (Å²) in [7, 11) is 0. The van der Waals surface area contributed by atoms with Gasteiger partial charge in [0.05, 0.1) is 18.8 Å². The van der Waals surface area contributed by atoms with Gasteiger partial charge in [-0.15, -0.1) is 0 Å². The van der Waals surface area contributed by atoms with E-state index in [0.29, 0.717) is 31.0 Å². The van der Waals surface area contributed by atoms with Gasteiger partial charge in [-0.25, -0.2) is 9.67 Å². The average molecular weight is 309 g/mol. The highest BCUT2D eigenvalue weighted by molar-refractivity contribution is 5.93. The summed E-state index contributed by atoms with van der Waals surface area (Å²) in [5.41, 5.74) is 2.04. The molecule has 8 nitrogen and oxygen atoms in total. The number of amides is 1. The number of carbonyl (C=O) groups is 1. The highest BCUT2D eigenvalue weighted by Crippen LogP contribution is 2.18. The van der Waals surface area contributed by atoms with Crippen LogP contribution in [-0.4, -0.2) is 47.3 Å². The zero-order chi connectivity index (χ0) is 15.8. The molecule has 0 unspecified atom stereocenters.